The van der Waals surface area contributed by atoms with E-state index in [0.717, 1.165) is 37.1 Å². The Morgan fingerprint density at radius 2 is 1.82 bits per heavy atom. The fourth-order valence-corrected chi connectivity index (χ4v) is 3.35. The molecule has 2 N–H and O–H groups in total. The van der Waals surface area contributed by atoms with Crippen molar-refractivity contribution in [2.24, 2.45) is 0 Å². The van der Waals surface area contributed by atoms with Gasteiger partial charge in [0.15, 0.2) is 0 Å². The molecule has 2 heterocycles. The van der Waals surface area contributed by atoms with E-state index in [-0.39, 0.29) is 11.9 Å². The van der Waals surface area contributed by atoms with E-state index in [0.29, 0.717) is 24.2 Å². The number of aromatic nitrogens is 3. The van der Waals surface area contributed by atoms with Crippen molar-refractivity contribution in [2.45, 2.75) is 19.4 Å². The topological polar surface area (TPSA) is 92.1 Å². The number of urea groups is 1. The van der Waals surface area contributed by atoms with Gasteiger partial charge in [-0.1, -0.05) is 23.4 Å². The van der Waals surface area contributed by atoms with E-state index < -0.39 is 0 Å². The summed E-state index contributed by atoms with van der Waals surface area (Å²) < 4.78 is 1.72. The molecule has 0 atom stereocenters. The first kappa shape index (κ1) is 18.0. The number of nitrogens with zero attached hydrogens (tertiary/aromatic N) is 4. The molecule has 1 fully saturated rings. The molecule has 0 radical (unpaired) electrons. The summed E-state index contributed by atoms with van der Waals surface area (Å²) in [6, 6.07) is 14.5. The maximum Gasteiger partial charge on any atom is 0.319 e. The van der Waals surface area contributed by atoms with E-state index in [9.17, 15) is 9.59 Å². The molecule has 8 heteroatoms. The highest BCUT2D eigenvalue weighted by atomic mass is 16.2. The number of hydrogen-bond acceptors (Lipinski definition) is 4. The fraction of sp³-hybridized carbons (Fsp3) is 0.300. The minimum atomic E-state index is -0.269. The quantitative estimate of drug-likeness (QED) is 0.713. The lowest BCUT2D eigenvalue weighted by atomic mass is 10.1. The number of amides is 3. The Balaban J connectivity index is 1.35. The summed E-state index contributed by atoms with van der Waals surface area (Å²) >= 11 is 0. The van der Waals surface area contributed by atoms with Gasteiger partial charge in [0.2, 0.25) is 0 Å². The van der Waals surface area contributed by atoms with Gasteiger partial charge in [-0.2, -0.15) is 0 Å². The highest BCUT2D eigenvalue weighted by Crippen LogP contribution is 2.17. The monoisotopic (exact) mass is 378 g/mol. The number of nitrogens with one attached hydrogen (secondary N) is 2. The molecule has 4 rings (SSSR count). The second-order valence-corrected chi connectivity index (χ2v) is 6.76. The summed E-state index contributed by atoms with van der Waals surface area (Å²) in [6.07, 6.45) is 2.13. The molecule has 0 aliphatic carbocycles. The first-order chi connectivity index (χ1) is 13.7. The minimum Gasteiger partial charge on any atom is -0.339 e. The fourth-order valence-electron chi connectivity index (χ4n) is 3.35. The molecule has 0 bridgehead atoms. The van der Waals surface area contributed by atoms with Crippen LogP contribution in [0.2, 0.25) is 0 Å². The summed E-state index contributed by atoms with van der Waals surface area (Å²) in [4.78, 5) is 26.3. The third-order valence-corrected chi connectivity index (χ3v) is 4.79. The van der Waals surface area contributed by atoms with Gasteiger partial charge in [0, 0.05) is 30.9 Å². The molecule has 144 valence electrons. The Bertz CT molecular complexity index is 979. The first-order valence-corrected chi connectivity index (χ1v) is 9.43. The second-order valence-electron chi connectivity index (χ2n) is 6.76. The van der Waals surface area contributed by atoms with Crippen LogP contribution >= 0.6 is 0 Å². The van der Waals surface area contributed by atoms with Crippen LogP contribution in [0.5, 0.6) is 0 Å². The Labute approximate surface area is 162 Å². The highest BCUT2D eigenvalue weighted by Gasteiger charge is 2.20. The Morgan fingerprint density at radius 1 is 1.04 bits per heavy atom. The minimum absolute atomic E-state index is 0.0493. The predicted octanol–water partition coefficient (Wildman–Crippen LogP) is 2.49. The zero-order valence-electron chi connectivity index (χ0n) is 15.5. The molecule has 1 aromatic heterocycles. The third kappa shape index (κ3) is 3.95. The van der Waals surface area contributed by atoms with Crippen LogP contribution in [0.3, 0.4) is 0 Å². The van der Waals surface area contributed by atoms with Gasteiger partial charge in [-0.3, -0.25) is 4.79 Å². The number of hydrogen-bond donors (Lipinski definition) is 2. The van der Waals surface area contributed by atoms with Crippen LogP contribution in [0.15, 0.2) is 48.5 Å². The van der Waals surface area contributed by atoms with Crippen LogP contribution in [-0.2, 0) is 6.54 Å². The number of anilines is 1. The second kappa shape index (κ2) is 8.08. The summed E-state index contributed by atoms with van der Waals surface area (Å²) in [5, 5.41) is 13.9. The number of rotatable bonds is 5. The van der Waals surface area contributed by atoms with Crippen LogP contribution in [0, 0.1) is 0 Å². The van der Waals surface area contributed by atoms with Gasteiger partial charge in [0.05, 0.1) is 12.1 Å². The smallest absolute Gasteiger partial charge is 0.319 e. The SMILES string of the molecule is O=C(NCCn1nnc2cc(C(=O)N3CCCC3)ccc21)Nc1ccccc1. The summed E-state index contributed by atoms with van der Waals surface area (Å²) in [7, 11) is 0. The molecule has 1 aliphatic heterocycles. The van der Waals surface area contributed by atoms with Crippen molar-refractivity contribution >= 4 is 28.7 Å². The van der Waals surface area contributed by atoms with Gasteiger partial charge in [-0.15, -0.1) is 5.10 Å². The summed E-state index contributed by atoms with van der Waals surface area (Å²) in [5.74, 6) is 0.0493. The average Bonchev–Trinajstić information content (AvgIpc) is 3.38. The number of benzene rings is 2. The maximum atomic E-state index is 12.5. The molecule has 1 aliphatic rings. The molecule has 0 spiro atoms. The van der Waals surface area contributed by atoms with Gasteiger partial charge >= 0.3 is 6.03 Å². The maximum absolute atomic E-state index is 12.5. The van der Waals surface area contributed by atoms with E-state index in [2.05, 4.69) is 20.9 Å². The number of carbonyl (C=O) groups is 2. The average molecular weight is 378 g/mol. The summed E-state index contributed by atoms with van der Waals surface area (Å²) in [5.41, 5.74) is 2.89. The molecule has 3 amide bonds. The number of likely N-dealkylation sites (tertiary alicyclic amines) is 1. The van der Waals surface area contributed by atoms with Crippen LogP contribution in [-0.4, -0.2) is 51.5 Å². The molecule has 3 aromatic rings. The summed E-state index contributed by atoms with van der Waals surface area (Å²) in [6.45, 7) is 2.53. The normalized spacial score (nSPS) is 13.6. The van der Waals surface area contributed by atoms with Crippen molar-refractivity contribution in [1.29, 1.82) is 0 Å². The van der Waals surface area contributed by atoms with Gasteiger partial charge in [0.1, 0.15) is 5.52 Å². The van der Waals surface area contributed by atoms with Crippen molar-refractivity contribution in [3.63, 3.8) is 0 Å². The van der Waals surface area contributed by atoms with Crippen LogP contribution in [0.4, 0.5) is 10.5 Å². The third-order valence-electron chi connectivity index (χ3n) is 4.79. The lowest BCUT2D eigenvalue weighted by Gasteiger charge is -2.14. The van der Waals surface area contributed by atoms with Crippen LogP contribution < -0.4 is 10.6 Å². The largest absolute Gasteiger partial charge is 0.339 e. The van der Waals surface area contributed by atoms with E-state index in [1.807, 2.05) is 47.4 Å². The molecule has 2 aromatic carbocycles. The van der Waals surface area contributed by atoms with E-state index in [1.54, 1.807) is 10.7 Å². The Morgan fingerprint density at radius 3 is 2.61 bits per heavy atom. The van der Waals surface area contributed by atoms with E-state index in [4.69, 9.17) is 0 Å². The zero-order chi connectivity index (χ0) is 19.3. The van der Waals surface area contributed by atoms with Crippen molar-refractivity contribution in [3.8, 4) is 0 Å². The van der Waals surface area contributed by atoms with Crippen LogP contribution in [0.1, 0.15) is 23.2 Å². The van der Waals surface area contributed by atoms with Gasteiger partial charge in [0.25, 0.3) is 5.91 Å². The lowest BCUT2D eigenvalue weighted by molar-refractivity contribution is 0.0793. The number of fused-ring (bicyclic) bond motifs is 1. The molecule has 28 heavy (non-hydrogen) atoms. The Kier molecular flexibility index (Phi) is 5.18. The lowest BCUT2D eigenvalue weighted by Crippen LogP contribution is -2.31. The molecule has 1 saturated heterocycles. The predicted molar refractivity (Wildman–Crippen MR) is 106 cm³/mol. The van der Waals surface area contributed by atoms with Crippen molar-refractivity contribution in [2.75, 3.05) is 25.0 Å². The van der Waals surface area contributed by atoms with Gasteiger partial charge < -0.3 is 15.5 Å². The number of para-hydroxylation sites is 1. The number of carbonyl (C=O) groups excluding carboxylic acids is 2. The Hall–Kier alpha value is -3.42. The molecule has 0 saturated carbocycles. The van der Waals surface area contributed by atoms with E-state index in [1.165, 1.54) is 0 Å². The van der Waals surface area contributed by atoms with Crippen molar-refractivity contribution in [1.82, 2.24) is 25.2 Å². The van der Waals surface area contributed by atoms with Crippen LogP contribution in [0.25, 0.3) is 11.0 Å². The van der Waals surface area contributed by atoms with Gasteiger partial charge in [-0.05, 0) is 43.2 Å². The van der Waals surface area contributed by atoms with Crippen molar-refractivity contribution < 1.29 is 9.59 Å². The highest BCUT2D eigenvalue weighted by molar-refractivity contribution is 5.97. The first-order valence-electron chi connectivity index (χ1n) is 9.43. The molecular formula is C20H22N6O2. The molecule has 0 unspecified atom stereocenters. The standard InChI is InChI=1S/C20H22N6O2/c27-19(25-11-4-5-12-25)15-8-9-18-17(14-15)23-24-26(18)13-10-21-20(28)22-16-6-2-1-3-7-16/h1-3,6-9,14H,4-5,10-13H2,(H2,21,22,28). The van der Waals surface area contributed by atoms with E-state index >= 15 is 0 Å². The molecule has 8 nitrogen and oxygen atoms in total. The molecular weight excluding hydrogens is 356 g/mol. The van der Waals surface area contributed by atoms with Gasteiger partial charge in [-0.25, -0.2) is 9.48 Å². The zero-order valence-corrected chi connectivity index (χ0v) is 15.5. The van der Waals surface area contributed by atoms with Crippen molar-refractivity contribution in [3.05, 3.63) is 54.1 Å².